The summed E-state index contributed by atoms with van der Waals surface area (Å²) in [4.78, 5) is 47.4. The van der Waals surface area contributed by atoms with Gasteiger partial charge in [0.1, 0.15) is 34.2 Å². The van der Waals surface area contributed by atoms with Crippen molar-refractivity contribution >= 4 is 28.6 Å². The van der Waals surface area contributed by atoms with Crippen molar-refractivity contribution in [1.82, 2.24) is 24.8 Å². The van der Waals surface area contributed by atoms with Gasteiger partial charge < -0.3 is 24.3 Å². The standard InChI is InChI=1S/C28H34ClN5O7/c1-28(2,3)41-27(37)34-16-7-9-19(34)18(30-12-16)14-40-25-23-20(11-22(29)31-25)33(26(36)32-24(23)35)13-15-6-8-17(38-4)10-21(15)39-5/h6,8,10-11,16,18-19,30H,7,9,12-14H2,1-5H3,(H,32,35,36)/t16-,18-,19+/m1/s1. The first-order valence-electron chi connectivity index (χ1n) is 13.4. The molecule has 3 atom stereocenters. The Morgan fingerprint density at radius 3 is 2.63 bits per heavy atom. The van der Waals surface area contributed by atoms with Crippen LogP contribution in [0.2, 0.25) is 5.15 Å². The fourth-order valence-electron chi connectivity index (χ4n) is 5.53. The zero-order chi connectivity index (χ0) is 29.5. The molecule has 0 aliphatic carbocycles. The number of nitrogens with one attached hydrogen (secondary N) is 2. The number of nitrogens with zero attached hydrogens (tertiary/aromatic N) is 3. The van der Waals surface area contributed by atoms with Gasteiger partial charge in [0.05, 0.1) is 38.4 Å². The predicted molar refractivity (Wildman–Crippen MR) is 152 cm³/mol. The summed E-state index contributed by atoms with van der Waals surface area (Å²) in [7, 11) is 3.07. The lowest BCUT2D eigenvalue weighted by Gasteiger charge is -2.40. The van der Waals surface area contributed by atoms with Gasteiger partial charge in [0.15, 0.2) is 0 Å². The van der Waals surface area contributed by atoms with Crippen LogP contribution in [0.1, 0.15) is 39.2 Å². The first kappa shape index (κ1) is 28.7. The quantitative estimate of drug-likeness (QED) is 0.400. The molecule has 2 aliphatic heterocycles. The summed E-state index contributed by atoms with van der Waals surface area (Å²) >= 11 is 6.37. The number of ether oxygens (including phenoxy) is 4. The summed E-state index contributed by atoms with van der Waals surface area (Å²) < 4.78 is 23.9. The number of piperazine rings is 1. The molecule has 0 radical (unpaired) electrons. The molecule has 0 unspecified atom stereocenters. The number of benzene rings is 1. The lowest BCUT2D eigenvalue weighted by molar-refractivity contribution is 0.00115. The number of hydrogen-bond acceptors (Lipinski definition) is 9. The van der Waals surface area contributed by atoms with Gasteiger partial charge in [-0.2, -0.15) is 0 Å². The second kappa shape index (κ2) is 11.2. The van der Waals surface area contributed by atoms with Crippen molar-refractivity contribution in [1.29, 1.82) is 0 Å². The average Bonchev–Trinajstić information content (AvgIpc) is 3.23. The molecule has 3 aromatic rings. The second-order valence-electron chi connectivity index (χ2n) is 11.2. The molecule has 1 aromatic carbocycles. The van der Waals surface area contributed by atoms with Crippen LogP contribution in [0.15, 0.2) is 33.9 Å². The molecule has 4 heterocycles. The van der Waals surface area contributed by atoms with Crippen molar-refractivity contribution in [3.63, 3.8) is 0 Å². The maximum Gasteiger partial charge on any atom is 0.410 e. The number of methoxy groups -OCH3 is 2. The van der Waals surface area contributed by atoms with E-state index >= 15 is 0 Å². The zero-order valence-corrected chi connectivity index (χ0v) is 24.4. The van der Waals surface area contributed by atoms with Gasteiger partial charge in [-0.05, 0) is 45.7 Å². The Kier molecular flexibility index (Phi) is 7.89. The van der Waals surface area contributed by atoms with E-state index in [2.05, 4.69) is 15.3 Å². The molecule has 5 rings (SSSR count). The van der Waals surface area contributed by atoms with Gasteiger partial charge in [0, 0.05) is 30.3 Å². The third-order valence-electron chi connectivity index (χ3n) is 7.37. The Bertz CT molecular complexity index is 1580. The largest absolute Gasteiger partial charge is 0.497 e. The van der Waals surface area contributed by atoms with Crippen LogP contribution in [0.5, 0.6) is 17.4 Å². The fraction of sp³-hybridized carbons (Fsp3) is 0.500. The van der Waals surface area contributed by atoms with Gasteiger partial charge in [0.25, 0.3) is 5.56 Å². The molecule has 2 aromatic heterocycles. The van der Waals surface area contributed by atoms with Gasteiger partial charge in [-0.25, -0.2) is 14.6 Å². The van der Waals surface area contributed by atoms with Crippen LogP contribution >= 0.6 is 11.6 Å². The molecule has 0 spiro atoms. The number of hydrogen-bond donors (Lipinski definition) is 2. The predicted octanol–water partition coefficient (Wildman–Crippen LogP) is 2.92. The topological polar surface area (TPSA) is 137 Å². The van der Waals surface area contributed by atoms with Crippen LogP contribution in [0.4, 0.5) is 4.79 Å². The molecule has 2 bridgehead atoms. The first-order valence-corrected chi connectivity index (χ1v) is 13.8. The molecule has 1 amide bonds. The second-order valence-corrected chi connectivity index (χ2v) is 11.6. The Morgan fingerprint density at radius 2 is 1.93 bits per heavy atom. The van der Waals surface area contributed by atoms with Crippen molar-refractivity contribution in [2.45, 2.75) is 63.9 Å². The van der Waals surface area contributed by atoms with Crippen molar-refractivity contribution in [2.24, 2.45) is 0 Å². The number of halogens is 1. The number of fused-ring (bicyclic) bond motifs is 3. The van der Waals surface area contributed by atoms with E-state index in [1.807, 2.05) is 20.8 Å². The molecular formula is C28H34ClN5O7. The fourth-order valence-corrected chi connectivity index (χ4v) is 5.71. The molecule has 2 saturated heterocycles. The van der Waals surface area contributed by atoms with Crippen molar-refractivity contribution in [2.75, 3.05) is 27.4 Å². The van der Waals surface area contributed by atoms with Crippen LogP contribution in [0.25, 0.3) is 10.9 Å². The normalized spacial score (nSPS) is 20.2. The Balaban J connectivity index is 1.45. The van der Waals surface area contributed by atoms with E-state index in [0.717, 1.165) is 12.8 Å². The first-order chi connectivity index (χ1) is 19.5. The van der Waals surface area contributed by atoms with E-state index in [-0.39, 0.29) is 59.3 Å². The SMILES string of the molecule is COc1ccc(Cn2c(=O)[nH]c(=O)c3c(OC[C@H]4NC[C@H]5CC[C@@H]4N5C(=O)OC(C)(C)C)nc(Cl)cc32)c(OC)c1. The number of pyridine rings is 1. The van der Waals surface area contributed by atoms with Crippen LogP contribution in [-0.4, -0.2) is 76.6 Å². The molecule has 220 valence electrons. The number of carbonyl (C=O) groups excluding carboxylic acids is 1. The highest BCUT2D eigenvalue weighted by Crippen LogP contribution is 2.33. The minimum absolute atomic E-state index is 0.00469. The highest BCUT2D eigenvalue weighted by molar-refractivity contribution is 6.30. The van der Waals surface area contributed by atoms with E-state index in [1.54, 1.807) is 30.2 Å². The Labute approximate surface area is 241 Å². The van der Waals surface area contributed by atoms with E-state index < -0.39 is 16.9 Å². The third-order valence-corrected chi connectivity index (χ3v) is 7.56. The maximum absolute atomic E-state index is 13.0. The molecule has 2 N–H and O–H groups in total. The maximum atomic E-state index is 13.0. The number of rotatable bonds is 7. The molecule has 2 aliphatic rings. The minimum atomic E-state index is -0.643. The summed E-state index contributed by atoms with van der Waals surface area (Å²) in [6.07, 6.45) is 1.29. The van der Waals surface area contributed by atoms with Gasteiger partial charge in [-0.3, -0.25) is 19.2 Å². The number of H-pyrrole nitrogens is 1. The van der Waals surface area contributed by atoms with Gasteiger partial charge >= 0.3 is 11.8 Å². The summed E-state index contributed by atoms with van der Waals surface area (Å²) in [6.45, 7) is 6.31. The van der Waals surface area contributed by atoms with Crippen molar-refractivity contribution < 1.29 is 23.7 Å². The number of carbonyl (C=O) groups is 1. The zero-order valence-electron chi connectivity index (χ0n) is 23.7. The molecule has 0 saturated carbocycles. The Morgan fingerprint density at radius 1 is 1.15 bits per heavy atom. The van der Waals surface area contributed by atoms with Crippen LogP contribution in [-0.2, 0) is 11.3 Å². The Hall–Kier alpha value is -3.77. The van der Waals surface area contributed by atoms with E-state index in [4.69, 9.17) is 30.5 Å². The molecular weight excluding hydrogens is 554 g/mol. The van der Waals surface area contributed by atoms with Crippen molar-refractivity contribution in [3.8, 4) is 17.4 Å². The monoisotopic (exact) mass is 587 g/mol. The lowest BCUT2D eigenvalue weighted by Crippen LogP contribution is -2.61. The summed E-state index contributed by atoms with van der Waals surface area (Å²) in [6, 6.07) is 6.37. The van der Waals surface area contributed by atoms with Gasteiger partial charge in [-0.15, -0.1) is 0 Å². The smallest absolute Gasteiger partial charge is 0.410 e. The number of amides is 1. The van der Waals surface area contributed by atoms with E-state index in [9.17, 15) is 14.4 Å². The molecule has 13 heteroatoms. The lowest BCUT2D eigenvalue weighted by atomic mass is 10.1. The molecule has 12 nitrogen and oxygen atoms in total. The van der Waals surface area contributed by atoms with Gasteiger partial charge in [0.2, 0.25) is 5.88 Å². The highest BCUT2D eigenvalue weighted by atomic mass is 35.5. The van der Waals surface area contributed by atoms with Crippen molar-refractivity contribution in [3.05, 3.63) is 55.8 Å². The molecule has 41 heavy (non-hydrogen) atoms. The van der Waals surface area contributed by atoms with Crippen LogP contribution < -0.4 is 30.8 Å². The summed E-state index contributed by atoms with van der Waals surface area (Å²) in [5.74, 6) is 1.11. The summed E-state index contributed by atoms with van der Waals surface area (Å²) in [5.41, 5.74) is -0.922. The number of aromatic amines is 1. The minimum Gasteiger partial charge on any atom is -0.497 e. The van der Waals surface area contributed by atoms with E-state index in [0.29, 0.717) is 23.6 Å². The summed E-state index contributed by atoms with van der Waals surface area (Å²) in [5, 5.41) is 3.60. The van der Waals surface area contributed by atoms with Crippen LogP contribution in [0, 0.1) is 0 Å². The van der Waals surface area contributed by atoms with Gasteiger partial charge in [-0.1, -0.05) is 11.6 Å². The van der Waals surface area contributed by atoms with Crippen LogP contribution in [0.3, 0.4) is 0 Å². The van der Waals surface area contributed by atoms with E-state index in [1.165, 1.54) is 17.7 Å². The highest BCUT2D eigenvalue weighted by Gasteiger charge is 2.46. The molecule has 2 fully saturated rings. The third kappa shape index (κ3) is 5.84. The average molecular weight is 588 g/mol. The number of aromatic nitrogens is 3.